The minimum absolute atomic E-state index is 0.0356. The van der Waals surface area contributed by atoms with E-state index in [1.807, 2.05) is 54.6 Å². The van der Waals surface area contributed by atoms with E-state index in [0.29, 0.717) is 6.54 Å². The summed E-state index contributed by atoms with van der Waals surface area (Å²) in [5.41, 5.74) is 2.04. The van der Waals surface area contributed by atoms with E-state index in [1.54, 1.807) is 25.1 Å². The fourth-order valence-electron chi connectivity index (χ4n) is 1.98. The molecule has 0 aromatic heterocycles. The third-order valence-electron chi connectivity index (χ3n) is 3.27. The minimum Gasteiger partial charge on any atom is -0.497 e. The van der Waals surface area contributed by atoms with E-state index in [9.17, 15) is 4.79 Å². The van der Waals surface area contributed by atoms with Crippen molar-refractivity contribution in [1.82, 2.24) is 4.90 Å². The Labute approximate surface area is 139 Å². The van der Waals surface area contributed by atoms with Gasteiger partial charge in [0, 0.05) is 24.1 Å². The number of carbonyl (C=O) groups is 1. The standard InChI is InChI=1S/C18H18BrNO2/c1-20(13-14-7-10-16(22-2)11-8-14)18(21)12-9-15-5-3-4-6-17(15)19/h3-12H,13H2,1-2H3/b12-9+. The molecule has 114 valence electrons. The van der Waals surface area contributed by atoms with Crippen LogP contribution in [0, 0.1) is 0 Å². The summed E-state index contributed by atoms with van der Waals surface area (Å²) in [6.45, 7) is 0.559. The van der Waals surface area contributed by atoms with Crippen molar-refractivity contribution in [2.45, 2.75) is 6.54 Å². The smallest absolute Gasteiger partial charge is 0.246 e. The normalized spacial score (nSPS) is 10.7. The number of hydrogen-bond acceptors (Lipinski definition) is 2. The van der Waals surface area contributed by atoms with E-state index in [-0.39, 0.29) is 5.91 Å². The lowest BCUT2D eigenvalue weighted by molar-refractivity contribution is -0.125. The molecule has 0 bridgehead atoms. The molecule has 0 aliphatic carbocycles. The van der Waals surface area contributed by atoms with Crippen molar-refractivity contribution in [3.63, 3.8) is 0 Å². The number of hydrogen-bond donors (Lipinski definition) is 0. The van der Waals surface area contributed by atoms with Crippen LogP contribution in [0.2, 0.25) is 0 Å². The molecule has 2 rings (SSSR count). The number of rotatable bonds is 5. The van der Waals surface area contributed by atoms with Gasteiger partial charge in [0.25, 0.3) is 0 Å². The van der Waals surface area contributed by atoms with Gasteiger partial charge in [-0.3, -0.25) is 4.79 Å². The van der Waals surface area contributed by atoms with Gasteiger partial charge in [-0.15, -0.1) is 0 Å². The Bertz CT molecular complexity index is 665. The van der Waals surface area contributed by atoms with Crippen molar-refractivity contribution in [2.24, 2.45) is 0 Å². The highest BCUT2D eigenvalue weighted by molar-refractivity contribution is 9.10. The number of nitrogens with zero attached hydrogens (tertiary/aromatic N) is 1. The van der Waals surface area contributed by atoms with Crippen LogP contribution in [0.5, 0.6) is 5.75 Å². The highest BCUT2D eigenvalue weighted by Crippen LogP contribution is 2.17. The van der Waals surface area contributed by atoms with Gasteiger partial charge in [-0.2, -0.15) is 0 Å². The van der Waals surface area contributed by atoms with Gasteiger partial charge in [0.15, 0.2) is 0 Å². The second-order valence-corrected chi connectivity index (χ2v) is 5.75. The van der Waals surface area contributed by atoms with Gasteiger partial charge < -0.3 is 9.64 Å². The summed E-state index contributed by atoms with van der Waals surface area (Å²) in [7, 11) is 3.42. The first-order valence-corrected chi connectivity index (χ1v) is 7.70. The third kappa shape index (κ3) is 4.46. The average molecular weight is 360 g/mol. The molecule has 1 amide bonds. The maximum atomic E-state index is 12.2. The van der Waals surface area contributed by atoms with Crippen molar-refractivity contribution in [1.29, 1.82) is 0 Å². The van der Waals surface area contributed by atoms with Crippen molar-refractivity contribution < 1.29 is 9.53 Å². The van der Waals surface area contributed by atoms with Crippen LogP contribution >= 0.6 is 15.9 Å². The van der Waals surface area contributed by atoms with Crippen LogP contribution in [-0.2, 0) is 11.3 Å². The average Bonchev–Trinajstić information content (AvgIpc) is 2.54. The van der Waals surface area contributed by atoms with Gasteiger partial charge in [-0.1, -0.05) is 46.3 Å². The minimum atomic E-state index is -0.0356. The number of likely N-dealkylation sites (N-methyl/N-ethyl adjacent to an activating group) is 1. The molecule has 0 saturated heterocycles. The van der Waals surface area contributed by atoms with Gasteiger partial charge in [0.2, 0.25) is 5.91 Å². The van der Waals surface area contributed by atoms with Crippen LogP contribution in [-0.4, -0.2) is 25.0 Å². The lowest BCUT2D eigenvalue weighted by atomic mass is 10.2. The molecule has 0 fully saturated rings. The molecular weight excluding hydrogens is 342 g/mol. The molecule has 0 atom stereocenters. The summed E-state index contributed by atoms with van der Waals surface area (Å²) in [6, 6.07) is 15.5. The van der Waals surface area contributed by atoms with E-state index in [1.165, 1.54) is 0 Å². The number of amides is 1. The van der Waals surface area contributed by atoms with E-state index < -0.39 is 0 Å². The van der Waals surface area contributed by atoms with Gasteiger partial charge >= 0.3 is 0 Å². The summed E-state index contributed by atoms with van der Waals surface area (Å²) in [6.07, 6.45) is 3.40. The SMILES string of the molecule is COc1ccc(CN(C)C(=O)/C=C/c2ccccc2Br)cc1. The van der Waals surface area contributed by atoms with Crippen LogP contribution in [0.15, 0.2) is 59.1 Å². The number of methoxy groups -OCH3 is 1. The molecular formula is C18H18BrNO2. The quantitative estimate of drug-likeness (QED) is 0.751. The highest BCUT2D eigenvalue weighted by Gasteiger charge is 2.06. The predicted molar refractivity (Wildman–Crippen MR) is 92.6 cm³/mol. The number of benzene rings is 2. The summed E-state index contributed by atoms with van der Waals surface area (Å²) in [5.74, 6) is 0.776. The van der Waals surface area contributed by atoms with Crippen molar-refractivity contribution in [2.75, 3.05) is 14.2 Å². The first kappa shape index (κ1) is 16.3. The van der Waals surface area contributed by atoms with Crippen molar-refractivity contribution in [3.05, 3.63) is 70.2 Å². The molecule has 0 aliphatic rings. The zero-order valence-electron chi connectivity index (χ0n) is 12.6. The van der Waals surface area contributed by atoms with Crippen molar-refractivity contribution >= 4 is 27.9 Å². The molecule has 2 aromatic carbocycles. The molecule has 22 heavy (non-hydrogen) atoms. The molecule has 0 heterocycles. The molecule has 2 aromatic rings. The lowest BCUT2D eigenvalue weighted by Crippen LogP contribution is -2.24. The number of carbonyl (C=O) groups excluding carboxylic acids is 1. The Balaban J connectivity index is 1.98. The molecule has 3 nitrogen and oxygen atoms in total. The lowest BCUT2D eigenvalue weighted by Gasteiger charge is -2.15. The fraction of sp³-hybridized carbons (Fsp3) is 0.167. The van der Waals surface area contributed by atoms with Crippen LogP contribution in [0.4, 0.5) is 0 Å². The molecule has 0 radical (unpaired) electrons. The van der Waals surface area contributed by atoms with Gasteiger partial charge in [-0.25, -0.2) is 0 Å². The summed E-state index contributed by atoms with van der Waals surface area (Å²) >= 11 is 3.46. The Morgan fingerprint density at radius 1 is 1.18 bits per heavy atom. The van der Waals surface area contributed by atoms with E-state index in [4.69, 9.17) is 4.74 Å². The van der Waals surface area contributed by atoms with E-state index in [2.05, 4.69) is 15.9 Å². The van der Waals surface area contributed by atoms with Gasteiger partial charge in [0.05, 0.1) is 7.11 Å². The molecule has 0 unspecified atom stereocenters. The first-order chi connectivity index (χ1) is 10.6. The molecule has 0 N–H and O–H groups in total. The maximum Gasteiger partial charge on any atom is 0.246 e. The number of halogens is 1. The maximum absolute atomic E-state index is 12.2. The third-order valence-corrected chi connectivity index (χ3v) is 3.99. The molecule has 0 aliphatic heterocycles. The number of ether oxygens (including phenoxy) is 1. The van der Waals surface area contributed by atoms with Crippen LogP contribution < -0.4 is 4.74 Å². The van der Waals surface area contributed by atoms with Crippen LogP contribution in [0.25, 0.3) is 6.08 Å². The zero-order chi connectivity index (χ0) is 15.9. The predicted octanol–water partition coefficient (Wildman–Crippen LogP) is 4.13. The second-order valence-electron chi connectivity index (χ2n) is 4.90. The summed E-state index contributed by atoms with van der Waals surface area (Å²) in [5, 5.41) is 0. The zero-order valence-corrected chi connectivity index (χ0v) is 14.2. The van der Waals surface area contributed by atoms with Crippen LogP contribution in [0.1, 0.15) is 11.1 Å². The van der Waals surface area contributed by atoms with Crippen LogP contribution in [0.3, 0.4) is 0 Å². The Kier molecular flexibility index (Phi) is 5.78. The summed E-state index contributed by atoms with van der Waals surface area (Å²) in [4.78, 5) is 13.8. The molecule has 0 spiro atoms. The summed E-state index contributed by atoms with van der Waals surface area (Å²) < 4.78 is 6.09. The van der Waals surface area contributed by atoms with E-state index >= 15 is 0 Å². The van der Waals surface area contributed by atoms with Gasteiger partial charge in [0.1, 0.15) is 5.75 Å². The second kappa shape index (κ2) is 7.80. The first-order valence-electron chi connectivity index (χ1n) is 6.91. The van der Waals surface area contributed by atoms with E-state index in [0.717, 1.165) is 21.3 Å². The Morgan fingerprint density at radius 3 is 2.50 bits per heavy atom. The van der Waals surface area contributed by atoms with Crippen molar-refractivity contribution in [3.8, 4) is 5.75 Å². The topological polar surface area (TPSA) is 29.5 Å². The highest BCUT2D eigenvalue weighted by atomic mass is 79.9. The Hall–Kier alpha value is -2.07. The molecule has 4 heteroatoms. The Morgan fingerprint density at radius 2 is 1.86 bits per heavy atom. The van der Waals surface area contributed by atoms with Gasteiger partial charge in [-0.05, 0) is 35.4 Å². The monoisotopic (exact) mass is 359 g/mol. The fourth-order valence-corrected chi connectivity index (χ4v) is 2.40. The molecule has 0 saturated carbocycles. The largest absolute Gasteiger partial charge is 0.497 e.